The van der Waals surface area contributed by atoms with Crippen LogP contribution in [0, 0.1) is 0 Å². The first-order valence-electron chi connectivity index (χ1n) is 6.99. The summed E-state index contributed by atoms with van der Waals surface area (Å²) < 4.78 is 10.9. The Morgan fingerprint density at radius 3 is 2.52 bits per heavy atom. The number of fused-ring (bicyclic) bond motifs is 1. The van der Waals surface area contributed by atoms with Crippen LogP contribution < -0.4 is 9.64 Å². The van der Waals surface area contributed by atoms with Gasteiger partial charge in [-0.25, -0.2) is 0 Å². The van der Waals surface area contributed by atoms with Crippen molar-refractivity contribution in [2.75, 3.05) is 25.6 Å². The molecule has 1 heterocycles. The number of hydrogen-bond donors (Lipinski definition) is 0. The van der Waals surface area contributed by atoms with Gasteiger partial charge >= 0.3 is 0 Å². The predicted octanol–water partition coefficient (Wildman–Crippen LogP) is 3.96. The summed E-state index contributed by atoms with van der Waals surface area (Å²) in [7, 11) is 4.04. The van der Waals surface area contributed by atoms with Gasteiger partial charge in [0.25, 0.3) is 0 Å². The van der Waals surface area contributed by atoms with Gasteiger partial charge in [0, 0.05) is 25.3 Å². The Hall–Kier alpha value is -2.49. The summed E-state index contributed by atoms with van der Waals surface area (Å²) in [5.74, 6) is 0.863. The van der Waals surface area contributed by atoms with E-state index in [0.29, 0.717) is 6.61 Å². The van der Waals surface area contributed by atoms with Crippen molar-refractivity contribution in [1.82, 2.24) is 5.16 Å². The van der Waals surface area contributed by atoms with Crippen LogP contribution >= 0.6 is 0 Å². The van der Waals surface area contributed by atoms with Gasteiger partial charge in [0.2, 0.25) is 0 Å². The topological polar surface area (TPSA) is 38.5 Å². The third-order valence-electron chi connectivity index (χ3n) is 3.40. The van der Waals surface area contributed by atoms with E-state index < -0.39 is 0 Å². The third-order valence-corrected chi connectivity index (χ3v) is 3.40. The molecule has 0 aliphatic rings. The van der Waals surface area contributed by atoms with Crippen molar-refractivity contribution in [3.8, 4) is 17.0 Å². The highest BCUT2D eigenvalue weighted by atomic mass is 16.5. The average Bonchev–Trinajstić information content (AvgIpc) is 2.92. The van der Waals surface area contributed by atoms with Crippen LogP contribution in [0.2, 0.25) is 0 Å². The molecule has 0 N–H and O–H groups in total. The SMILES string of the molecule is CCOc1ccc(-c2noc3cccc(N(C)C)c23)cc1. The fourth-order valence-electron chi connectivity index (χ4n) is 2.42. The molecular weight excluding hydrogens is 264 g/mol. The van der Waals surface area contributed by atoms with E-state index in [0.717, 1.165) is 33.7 Å². The second kappa shape index (κ2) is 5.48. The lowest BCUT2D eigenvalue weighted by Crippen LogP contribution is -2.08. The highest BCUT2D eigenvalue weighted by Crippen LogP contribution is 2.35. The fraction of sp³-hybridized carbons (Fsp3) is 0.235. The molecule has 0 atom stereocenters. The maximum Gasteiger partial charge on any atom is 0.169 e. The van der Waals surface area contributed by atoms with Crippen LogP contribution in [0.4, 0.5) is 5.69 Å². The molecule has 108 valence electrons. The van der Waals surface area contributed by atoms with Crippen molar-refractivity contribution in [2.24, 2.45) is 0 Å². The summed E-state index contributed by atoms with van der Waals surface area (Å²) in [6.45, 7) is 2.64. The van der Waals surface area contributed by atoms with Gasteiger partial charge in [-0.15, -0.1) is 0 Å². The molecule has 0 fully saturated rings. The summed E-state index contributed by atoms with van der Waals surface area (Å²) >= 11 is 0. The lowest BCUT2D eigenvalue weighted by Gasteiger charge is -2.13. The van der Waals surface area contributed by atoms with E-state index in [1.165, 1.54) is 0 Å². The Morgan fingerprint density at radius 2 is 1.86 bits per heavy atom. The zero-order valence-corrected chi connectivity index (χ0v) is 12.5. The Morgan fingerprint density at radius 1 is 1.10 bits per heavy atom. The van der Waals surface area contributed by atoms with Gasteiger partial charge in [0.1, 0.15) is 11.4 Å². The molecular formula is C17H18N2O2. The van der Waals surface area contributed by atoms with Gasteiger partial charge in [-0.2, -0.15) is 0 Å². The minimum Gasteiger partial charge on any atom is -0.494 e. The highest BCUT2D eigenvalue weighted by Gasteiger charge is 2.15. The Kier molecular flexibility index (Phi) is 3.52. The van der Waals surface area contributed by atoms with E-state index in [1.54, 1.807) is 0 Å². The first-order chi connectivity index (χ1) is 10.2. The molecule has 0 amide bonds. The number of benzene rings is 2. The Labute approximate surface area is 123 Å². The van der Waals surface area contributed by atoms with Crippen molar-refractivity contribution < 1.29 is 9.26 Å². The lowest BCUT2D eigenvalue weighted by atomic mass is 10.1. The van der Waals surface area contributed by atoms with Gasteiger partial charge in [-0.05, 0) is 43.3 Å². The number of hydrogen-bond acceptors (Lipinski definition) is 4. The van der Waals surface area contributed by atoms with Crippen molar-refractivity contribution >= 4 is 16.7 Å². The molecule has 21 heavy (non-hydrogen) atoms. The molecule has 2 aromatic carbocycles. The molecule has 0 radical (unpaired) electrons. The van der Waals surface area contributed by atoms with Crippen LogP contribution in [0.1, 0.15) is 6.92 Å². The van der Waals surface area contributed by atoms with Crippen molar-refractivity contribution in [3.63, 3.8) is 0 Å². The minimum atomic E-state index is 0.664. The zero-order valence-electron chi connectivity index (χ0n) is 12.5. The maximum atomic E-state index is 5.48. The first kappa shape index (κ1) is 13.5. The van der Waals surface area contributed by atoms with E-state index in [9.17, 15) is 0 Å². The molecule has 3 aromatic rings. The molecule has 0 saturated carbocycles. The van der Waals surface area contributed by atoms with Crippen LogP contribution in [0.5, 0.6) is 5.75 Å². The van der Waals surface area contributed by atoms with Gasteiger partial charge < -0.3 is 14.2 Å². The zero-order chi connectivity index (χ0) is 14.8. The Balaban J connectivity index is 2.12. The van der Waals surface area contributed by atoms with Gasteiger partial charge in [-0.3, -0.25) is 0 Å². The predicted molar refractivity (Wildman–Crippen MR) is 84.9 cm³/mol. The second-order valence-electron chi connectivity index (χ2n) is 5.03. The van der Waals surface area contributed by atoms with Gasteiger partial charge in [0.15, 0.2) is 5.58 Å². The number of anilines is 1. The standard InChI is InChI=1S/C17H18N2O2/c1-4-20-13-10-8-12(9-11-13)17-16-14(19(2)3)6-5-7-15(16)21-18-17/h5-11H,4H2,1-3H3. The summed E-state index contributed by atoms with van der Waals surface area (Å²) in [6.07, 6.45) is 0. The molecule has 0 spiro atoms. The van der Waals surface area contributed by atoms with Crippen LogP contribution in [0.3, 0.4) is 0 Å². The molecule has 0 saturated heterocycles. The monoisotopic (exact) mass is 282 g/mol. The maximum absolute atomic E-state index is 5.48. The summed E-state index contributed by atoms with van der Waals surface area (Å²) in [5, 5.41) is 5.28. The second-order valence-corrected chi connectivity index (χ2v) is 5.03. The van der Waals surface area contributed by atoms with Crippen molar-refractivity contribution in [2.45, 2.75) is 6.92 Å². The summed E-state index contributed by atoms with van der Waals surface area (Å²) in [4.78, 5) is 2.07. The van der Waals surface area contributed by atoms with Gasteiger partial charge in [-0.1, -0.05) is 11.2 Å². The van der Waals surface area contributed by atoms with E-state index in [1.807, 2.05) is 57.4 Å². The molecule has 0 unspecified atom stereocenters. The minimum absolute atomic E-state index is 0.664. The van der Waals surface area contributed by atoms with E-state index in [2.05, 4.69) is 16.1 Å². The third kappa shape index (κ3) is 2.44. The highest BCUT2D eigenvalue weighted by molar-refractivity contribution is 6.01. The number of nitrogens with zero attached hydrogens (tertiary/aromatic N) is 2. The molecule has 3 rings (SSSR count). The number of aromatic nitrogens is 1. The smallest absolute Gasteiger partial charge is 0.169 e. The number of ether oxygens (including phenoxy) is 1. The molecule has 0 aliphatic carbocycles. The molecule has 0 bridgehead atoms. The van der Waals surface area contributed by atoms with E-state index in [4.69, 9.17) is 9.26 Å². The van der Waals surface area contributed by atoms with E-state index in [-0.39, 0.29) is 0 Å². The lowest BCUT2D eigenvalue weighted by molar-refractivity contribution is 0.340. The van der Waals surface area contributed by atoms with Crippen LogP contribution in [0.15, 0.2) is 47.0 Å². The van der Waals surface area contributed by atoms with E-state index >= 15 is 0 Å². The quantitative estimate of drug-likeness (QED) is 0.726. The molecule has 1 aromatic heterocycles. The van der Waals surface area contributed by atoms with Crippen molar-refractivity contribution in [3.05, 3.63) is 42.5 Å². The normalized spacial score (nSPS) is 10.8. The first-order valence-corrected chi connectivity index (χ1v) is 6.99. The van der Waals surface area contributed by atoms with Crippen LogP contribution in [-0.4, -0.2) is 25.9 Å². The summed E-state index contributed by atoms with van der Waals surface area (Å²) in [5.41, 5.74) is 3.77. The summed E-state index contributed by atoms with van der Waals surface area (Å²) in [6, 6.07) is 13.9. The number of rotatable bonds is 4. The molecule has 0 aliphatic heterocycles. The van der Waals surface area contributed by atoms with Crippen molar-refractivity contribution in [1.29, 1.82) is 0 Å². The average molecular weight is 282 g/mol. The molecule has 4 heteroatoms. The largest absolute Gasteiger partial charge is 0.494 e. The van der Waals surface area contributed by atoms with Gasteiger partial charge in [0.05, 0.1) is 12.0 Å². The Bertz CT molecular complexity index is 745. The van der Waals surface area contributed by atoms with Crippen LogP contribution in [0.25, 0.3) is 22.2 Å². The molecule has 4 nitrogen and oxygen atoms in total. The van der Waals surface area contributed by atoms with Crippen LogP contribution in [-0.2, 0) is 0 Å². The fourth-order valence-corrected chi connectivity index (χ4v) is 2.42.